The average Bonchev–Trinajstić information content (AvgIpc) is 3.43. The molecule has 160 valence electrons. The lowest BCUT2D eigenvalue weighted by Gasteiger charge is -2.26. The molecule has 31 heavy (non-hydrogen) atoms. The molecule has 1 aliphatic rings. The number of Topliss-reactive ketones (excluding diaryl/α,β-unsaturated/α-hetero) is 1. The van der Waals surface area contributed by atoms with Crippen LogP contribution in [0.5, 0.6) is 0 Å². The van der Waals surface area contributed by atoms with Gasteiger partial charge in [0.1, 0.15) is 5.76 Å². The lowest BCUT2D eigenvalue weighted by Crippen LogP contribution is -2.30. The van der Waals surface area contributed by atoms with Crippen LogP contribution in [0.1, 0.15) is 63.1 Å². The molecule has 7 heteroatoms. The number of aliphatic hydroxyl groups is 1. The van der Waals surface area contributed by atoms with Gasteiger partial charge in [-0.3, -0.25) is 9.59 Å². The van der Waals surface area contributed by atoms with E-state index in [0.717, 1.165) is 16.1 Å². The molecular formula is C24H24N2O4S. The zero-order valence-electron chi connectivity index (χ0n) is 17.9. The molecular weight excluding hydrogens is 412 g/mol. The summed E-state index contributed by atoms with van der Waals surface area (Å²) in [5.41, 5.74) is 2.59. The van der Waals surface area contributed by atoms with Crippen molar-refractivity contribution in [1.29, 1.82) is 0 Å². The van der Waals surface area contributed by atoms with Gasteiger partial charge < -0.3 is 14.4 Å². The first-order chi connectivity index (χ1) is 14.8. The van der Waals surface area contributed by atoms with Gasteiger partial charge in [-0.15, -0.1) is 11.3 Å². The Morgan fingerprint density at radius 1 is 1.23 bits per heavy atom. The molecule has 1 aromatic carbocycles. The zero-order valence-corrected chi connectivity index (χ0v) is 18.7. The van der Waals surface area contributed by atoms with Crippen LogP contribution in [0.2, 0.25) is 0 Å². The molecule has 1 unspecified atom stereocenters. The van der Waals surface area contributed by atoms with Crippen molar-refractivity contribution in [3.8, 4) is 0 Å². The van der Waals surface area contributed by atoms with E-state index in [4.69, 9.17) is 4.42 Å². The highest BCUT2D eigenvalue weighted by molar-refractivity contribution is 7.14. The van der Waals surface area contributed by atoms with Crippen molar-refractivity contribution in [3.05, 3.63) is 86.5 Å². The molecule has 1 N–H and O–H groups in total. The van der Waals surface area contributed by atoms with Crippen molar-refractivity contribution >= 4 is 23.0 Å². The van der Waals surface area contributed by atoms with Crippen molar-refractivity contribution in [2.24, 2.45) is 0 Å². The lowest BCUT2D eigenvalue weighted by molar-refractivity contribution is -0.130. The summed E-state index contributed by atoms with van der Waals surface area (Å²) in [5.74, 6) is -0.542. The molecule has 2 aromatic heterocycles. The summed E-state index contributed by atoms with van der Waals surface area (Å²) >= 11 is 1.27. The SMILES string of the molecule is Cc1nc(C)c(C(=O)C2=C(O)C(=O)N(Cc3ccco3)C2c2ccc(C(C)C)cc2)s1. The molecule has 0 saturated heterocycles. The van der Waals surface area contributed by atoms with Crippen LogP contribution in [0.4, 0.5) is 0 Å². The maximum atomic E-state index is 13.5. The number of furan rings is 1. The van der Waals surface area contributed by atoms with E-state index < -0.39 is 17.7 Å². The van der Waals surface area contributed by atoms with Gasteiger partial charge >= 0.3 is 0 Å². The number of nitrogens with zero attached hydrogens (tertiary/aromatic N) is 2. The third-order valence-electron chi connectivity index (χ3n) is 5.48. The Morgan fingerprint density at radius 2 is 1.94 bits per heavy atom. The predicted molar refractivity (Wildman–Crippen MR) is 118 cm³/mol. The number of carbonyl (C=O) groups excluding carboxylic acids is 2. The molecule has 4 rings (SSSR count). The van der Waals surface area contributed by atoms with Gasteiger partial charge in [0.15, 0.2) is 5.76 Å². The number of amides is 1. The van der Waals surface area contributed by atoms with E-state index in [1.807, 2.05) is 31.2 Å². The van der Waals surface area contributed by atoms with E-state index in [9.17, 15) is 14.7 Å². The summed E-state index contributed by atoms with van der Waals surface area (Å²) in [7, 11) is 0. The quantitative estimate of drug-likeness (QED) is 0.533. The Hall–Kier alpha value is -3.19. The van der Waals surface area contributed by atoms with Gasteiger partial charge in [-0.1, -0.05) is 38.1 Å². The van der Waals surface area contributed by atoms with Crippen molar-refractivity contribution in [2.75, 3.05) is 0 Å². The van der Waals surface area contributed by atoms with Gasteiger partial charge in [-0.2, -0.15) is 0 Å². The van der Waals surface area contributed by atoms with Crippen molar-refractivity contribution in [3.63, 3.8) is 0 Å². The Labute approximate surface area is 184 Å². The van der Waals surface area contributed by atoms with E-state index in [-0.39, 0.29) is 17.9 Å². The Bertz CT molecular complexity index is 1160. The zero-order chi connectivity index (χ0) is 22.3. The molecule has 1 aliphatic heterocycles. The molecule has 3 aromatic rings. The number of rotatable bonds is 6. The minimum Gasteiger partial charge on any atom is -0.503 e. The van der Waals surface area contributed by atoms with Crippen molar-refractivity contribution < 1.29 is 19.1 Å². The highest BCUT2D eigenvalue weighted by Gasteiger charge is 2.44. The number of carbonyl (C=O) groups is 2. The van der Waals surface area contributed by atoms with Gasteiger partial charge in [0.25, 0.3) is 5.91 Å². The topological polar surface area (TPSA) is 83.6 Å². The predicted octanol–water partition coefficient (Wildman–Crippen LogP) is 5.25. The fourth-order valence-electron chi connectivity index (χ4n) is 3.89. The molecule has 0 aliphatic carbocycles. The molecule has 0 bridgehead atoms. The smallest absolute Gasteiger partial charge is 0.290 e. The van der Waals surface area contributed by atoms with Crippen LogP contribution < -0.4 is 0 Å². The number of hydrogen-bond donors (Lipinski definition) is 1. The number of thiazole rings is 1. The normalized spacial score (nSPS) is 16.6. The first kappa shape index (κ1) is 21.1. The minimum absolute atomic E-state index is 0.0839. The average molecular weight is 437 g/mol. The first-order valence-electron chi connectivity index (χ1n) is 10.1. The Morgan fingerprint density at radius 3 is 2.48 bits per heavy atom. The monoisotopic (exact) mass is 436 g/mol. The summed E-state index contributed by atoms with van der Waals surface area (Å²) < 4.78 is 5.43. The van der Waals surface area contributed by atoms with Crippen LogP contribution in [-0.2, 0) is 11.3 Å². The van der Waals surface area contributed by atoms with Gasteiger partial charge in [0.2, 0.25) is 5.78 Å². The van der Waals surface area contributed by atoms with Crippen LogP contribution >= 0.6 is 11.3 Å². The highest BCUT2D eigenvalue weighted by atomic mass is 32.1. The largest absolute Gasteiger partial charge is 0.503 e. The molecule has 0 spiro atoms. The van der Waals surface area contributed by atoms with Crippen LogP contribution in [0.15, 0.2) is 58.4 Å². The van der Waals surface area contributed by atoms with E-state index in [1.165, 1.54) is 22.5 Å². The van der Waals surface area contributed by atoms with Crippen molar-refractivity contribution in [2.45, 2.75) is 46.2 Å². The molecule has 1 atom stereocenters. The minimum atomic E-state index is -0.715. The summed E-state index contributed by atoms with van der Waals surface area (Å²) in [6.07, 6.45) is 1.53. The van der Waals surface area contributed by atoms with Crippen LogP contribution in [-0.4, -0.2) is 26.7 Å². The lowest BCUT2D eigenvalue weighted by atomic mass is 9.93. The summed E-state index contributed by atoms with van der Waals surface area (Å²) in [6, 6.07) is 10.6. The van der Waals surface area contributed by atoms with E-state index >= 15 is 0 Å². The summed E-state index contributed by atoms with van der Waals surface area (Å²) in [4.78, 5) is 32.8. The van der Waals surface area contributed by atoms with Crippen LogP contribution in [0.25, 0.3) is 0 Å². The van der Waals surface area contributed by atoms with Gasteiger partial charge in [0.05, 0.1) is 40.0 Å². The molecule has 0 saturated carbocycles. The molecule has 0 fully saturated rings. The second-order valence-electron chi connectivity index (χ2n) is 7.98. The van der Waals surface area contributed by atoms with Gasteiger partial charge in [-0.25, -0.2) is 4.98 Å². The fraction of sp³-hybridized carbons (Fsp3) is 0.292. The summed E-state index contributed by atoms with van der Waals surface area (Å²) in [5, 5.41) is 11.5. The molecule has 3 heterocycles. The van der Waals surface area contributed by atoms with Gasteiger partial charge in [0, 0.05) is 0 Å². The van der Waals surface area contributed by atoms with Crippen LogP contribution in [0, 0.1) is 13.8 Å². The van der Waals surface area contributed by atoms with E-state index in [0.29, 0.717) is 22.2 Å². The number of benzene rings is 1. The number of aliphatic hydroxyl groups excluding tert-OH is 1. The van der Waals surface area contributed by atoms with E-state index in [2.05, 4.69) is 18.8 Å². The third-order valence-corrected chi connectivity index (χ3v) is 6.55. The number of ketones is 1. The maximum Gasteiger partial charge on any atom is 0.290 e. The van der Waals surface area contributed by atoms with Crippen LogP contribution in [0.3, 0.4) is 0 Å². The Kier molecular flexibility index (Phi) is 5.54. The molecule has 6 nitrogen and oxygen atoms in total. The van der Waals surface area contributed by atoms with Crippen molar-refractivity contribution in [1.82, 2.24) is 9.88 Å². The second-order valence-corrected chi connectivity index (χ2v) is 9.18. The number of aromatic nitrogens is 1. The van der Waals surface area contributed by atoms with Gasteiger partial charge in [-0.05, 0) is 43.0 Å². The van der Waals surface area contributed by atoms with E-state index in [1.54, 1.807) is 19.1 Å². The molecule has 0 radical (unpaired) electrons. The fourth-order valence-corrected chi connectivity index (χ4v) is 4.77. The number of aryl methyl sites for hydroxylation is 2. The second kappa shape index (κ2) is 8.15. The standard InChI is InChI=1S/C24H24N2O4S/c1-13(2)16-7-9-17(10-8-16)20-19(21(27)23-14(3)25-15(4)31-23)22(28)24(29)26(20)12-18-6-5-11-30-18/h5-11,13,20,28H,12H2,1-4H3. The highest BCUT2D eigenvalue weighted by Crippen LogP contribution is 2.41. The number of hydrogen-bond acceptors (Lipinski definition) is 6. The Balaban J connectivity index is 1.81. The first-order valence-corrected chi connectivity index (χ1v) is 10.9. The molecule has 1 amide bonds. The summed E-state index contributed by atoms with van der Waals surface area (Å²) in [6.45, 7) is 7.94. The maximum absolute atomic E-state index is 13.5. The third kappa shape index (κ3) is 3.81.